The van der Waals surface area contributed by atoms with Crippen LogP contribution in [0.2, 0.25) is 0 Å². The van der Waals surface area contributed by atoms with Crippen LogP contribution >= 0.6 is 0 Å². The Morgan fingerprint density at radius 3 is 2.44 bits per heavy atom. The Labute approximate surface area is 282 Å². The zero-order valence-corrected chi connectivity index (χ0v) is 28.7. The van der Waals surface area contributed by atoms with Gasteiger partial charge in [0.15, 0.2) is 11.9 Å². The quantitative estimate of drug-likeness (QED) is 0.124. The number of rotatable bonds is 18. The van der Waals surface area contributed by atoms with Gasteiger partial charge in [0.25, 0.3) is 0 Å². The number of carboxylic acids is 1. The lowest BCUT2D eigenvalue weighted by atomic mass is 9.70. The van der Waals surface area contributed by atoms with Crippen molar-refractivity contribution in [2.75, 3.05) is 27.3 Å². The Hall–Kier alpha value is -3.88. The number of allylic oxidation sites excluding steroid dienone is 7. The number of aromatic nitrogens is 1. The molecule has 1 aliphatic rings. The molecule has 6 N–H and O–H groups in total. The number of aliphatic carboxylic acids is 1. The number of hydrogen-bond acceptors (Lipinski definition) is 10. The number of likely N-dealkylation sites (N-methyl/N-ethyl adjacent to an activating group) is 1. The number of nitrogens with zero attached hydrogens (tertiary/aromatic N) is 2. The first-order valence-corrected chi connectivity index (χ1v) is 15.8. The fourth-order valence-electron chi connectivity index (χ4n) is 5.94. The predicted octanol–water partition coefficient (Wildman–Crippen LogP) is 1.95. The van der Waals surface area contributed by atoms with Gasteiger partial charge in [-0.1, -0.05) is 68.5 Å². The third-order valence-corrected chi connectivity index (χ3v) is 9.28. The summed E-state index contributed by atoms with van der Waals surface area (Å²) in [6, 6.07) is 0. The molecule has 1 aliphatic heterocycles. The van der Waals surface area contributed by atoms with Crippen LogP contribution in [0.15, 0.2) is 77.3 Å². The Kier molecular flexibility index (Phi) is 14.7. The lowest BCUT2D eigenvalue weighted by Gasteiger charge is -2.46. The van der Waals surface area contributed by atoms with Crippen molar-refractivity contribution in [3.63, 3.8) is 0 Å². The van der Waals surface area contributed by atoms with E-state index >= 15 is 0 Å². The molecule has 266 valence electrons. The van der Waals surface area contributed by atoms with E-state index in [1.54, 1.807) is 64.3 Å². The van der Waals surface area contributed by atoms with E-state index in [1.165, 1.54) is 33.6 Å². The van der Waals surface area contributed by atoms with Gasteiger partial charge >= 0.3 is 5.97 Å². The van der Waals surface area contributed by atoms with Crippen molar-refractivity contribution in [3.05, 3.63) is 78.6 Å². The second-order valence-corrected chi connectivity index (χ2v) is 12.7. The molecule has 1 fully saturated rings. The Bertz CT molecular complexity index is 1380. The van der Waals surface area contributed by atoms with E-state index in [-0.39, 0.29) is 18.9 Å². The second-order valence-electron chi connectivity index (χ2n) is 12.7. The van der Waals surface area contributed by atoms with E-state index in [2.05, 4.69) is 10.3 Å². The molecule has 0 spiro atoms. The van der Waals surface area contributed by atoms with Gasteiger partial charge in [0.05, 0.1) is 42.4 Å². The van der Waals surface area contributed by atoms with E-state index < -0.39 is 65.2 Å². The number of carbonyl (C=O) groups is 3. The number of oxazole rings is 1. The van der Waals surface area contributed by atoms with E-state index in [0.29, 0.717) is 12.0 Å². The molecule has 0 bridgehead atoms. The molecule has 0 radical (unpaired) electrons. The minimum Gasteiger partial charge on any atom is -0.479 e. The standard InChI is InChI=1S/C35H51N3O10/c1-23(15-11-8-9-12-16-26-20-36-22-48-26)29(41)33(4,5)31(43)37-18-14-10-13-17-27(40)24(2)19-28(47-7)35(46)25(3)30(42)38(6)34(35,21-39)32(44)45/h8-15,17,20,22,24-25,27-29,39-41,46H,16,18-19,21H2,1-7H3,(H,37,43)(H,44,45). The second kappa shape index (κ2) is 17.5. The molecule has 13 heteroatoms. The summed E-state index contributed by atoms with van der Waals surface area (Å²) in [7, 11) is 2.49. The van der Waals surface area contributed by atoms with Gasteiger partial charge < -0.3 is 44.9 Å². The molecule has 7 unspecified atom stereocenters. The first-order chi connectivity index (χ1) is 22.5. The van der Waals surface area contributed by atoms with Gasteiger partial charge in [0.1, 0.15) is 11.4 Å². The lowest BCUT2D eigenvalue weighted by Crippen LogP contribution is -2.70. The smallest absolute Gasteiger partial charge is 0.335 e. The molecule has 13 nitrogen and oxygen atoms in total. The molecule has 2 heterocycles. The molecule has 48 heavy (non-hydrogen) atoms. The van der Waals surface area contributed by atoms with E-state index in [4.69, 9.17) is 9.15 Å². The molecular weight excluding hydrogens is 622 g/mol. The number of amides is 2. The Morgan fingerprint density at radius 2 is 1.85 bits per heavy atom. The largest absolute Gasteiger partial charge is 0.479 e. The van der Waals surface area contributed by atoms with Gasteiger partial charge in [0.2, 0.25) is 11.8 Å². The number of carboxylic acid groups (broad SMARTS) is 1. The topological polar surface area (TPSA) is 203 Å². The van der Waals surface area contributed by atoms with Crippen molar-refractivity contribution >= 4 is 17.8 Å². The van der Waals surface area contributed by atoms with Crippen LogP contribution in [0.4, 0.5) is 0 Å². The number of ether oxygens (including phenoxy) is 1. The van der Waals surface area contributed by atoms with Gasteiger partial charge in [0, 0.05) is 27.1 Å². The minimum absolute atomic E-state index is 0.0275. The van der Waals surface area contributed by atoms with E-state index in [9.17, 15) is 39.9 Å². The highest BCUT2D eigenvalue weighted by molar-refractivity contribution is 5.95. The molecule has 0 aromatic carbocycles. The van der Waals surface area contributed by atoms with Gasteiger partial charge in [-0.2, -0.15) is 0 Å². The molecule has 1 saturated heterocycles. The number of likely N-dealkylation sites (tertiary alicyclic amines) is 1. The summed E-state index contributed by atoms with van der Waals surface area (Å²) < 4.78 is 10.7. The summed E-state index contributed by atoms with van der Waals surface area (Å²) >= 11 is 0. The molecule has 0 aliphatic carbocycles. The van der Waals surface area contributed by atoms with Gasteiger partial charge in [-0.15, -0.1) is 0 Å². The number of aliphatic hydroxyl groups is 4. The third kappa shape index (κ3) is 8.58. The summed E-state index contributed by atoms with van der Waals surface area (Å²) in [4.78, 5) is 42.6. The molecule has 1 aromatic heterocycles. The summed E-state index contributed by atoms with van der Waals surface area (Å²) in [6.07, 6.45) is 15.8. The van der Waals surface area contributed by atoms with Crippen LogP contribution in [0.25, 0.3) is 0 Å². The van der Waals surface area contributed by atoms with Crippen LogP contribution in [0.5, 0.6) is 0 Å². The number of nitrogens with one attached hydrogen (secondary N) is 1. The van der Waals surface area contributed by atoms with Crippen molar-refractivity contribution in [2.24, 2.45) is 17.3 Å². The average molecular weight is 674 g/mol. The summed E-state index contributed by atoms with van der Waals surface area (Å²) in [5.74, 6) is -3.56. The van der Waals surface area contributed by atoms with E-state index in [0.717, 1.165) is 10.7 Å². The normalized spacial score (nSPS) is 25.1. The van der Waals surface area contributed by atoms with Crippen LogP contribution in [0.3, 0.4) is 0 Å². The van der Waals surface area contributed by atoms with Crippen LogP contribution in [-0.2, 0) is 25.5 Å². The van der Waals surface area contributed by atoms with Crippen LogP contribution in [0.1, 0.15) is 46.8 Å². The number of carbonyl (C=O) groups excluding carboxylic acids is 2. The maximum atomic E-state index is 12.9. The Morgan fingerprint density at radius 1 is 1.19 bits per heavy atom. The monoisotopic (exact) mass is 673 g/mol. The van der Waals surface area contributed by atoms with E-state index in [1.807, 2.05) is 18.2 Å². The fraction of sp³-hybridized carbons (Fsp3) is 0.543. The summed E-state index contributed by atoms with van der Waals surface area (Å²) in [5.41, 5.74) is -5.11. The fourth-order valence-corrected chi connectivity index (χ4v) is 5.94. The van der Waals surface area contributed by atoms with Crippen LogP contribution in [0, 0.1) is 17.3 Å². The van der Waals surface area contributed by atoms with Gasteiger partial charge in [-0.05, 0) is 38.7 Å². The molecule has 0 saturated carbocycles. The van der Waals surface area contributed by atoms with Gasteiger partial charge in [-0.25, -0.2) is 9.78 Å². The average Bonchev–Trinajstić information content (AvgIpc) is 3.63. The maximum absolute atomic E-state index is 12.9. The van der Waals surface area contributed by atoms with Gasteiger partial charge in [-0.3, -0.25) is 9.59 Å². The minimum atomic E-state index is -2.33. The summed E-state index contributed by atoms with van der Waals surface area (Å²) in [5, 5.41) is 56.2. The lowest BCUT2D eigenvalue weighted by molar-refractivity contribution is -0.198. The molecular formula is C35H51N3O10. The first kappa shape index (κ1) is 40.3. The zero-order valence-electron chi connectivity index (χ0n) is 28.7. The number of aliphatic hydroxyl groups excluding tert-OH is 3. The first-order valence-electron chi connectivity index (χ1n) is 15.8. The van der Waals surface area contributed by atoms with Crippen molar-refractivity contribution in [2.45, 2.75) is 76.9 Å². The number of hydrogen-bond donors (Lipinski definition) is 6. The highest BCUT2D eigenvalue weighted by atomic mass is 16.5. The molecule has 2 amide bonds. The zero-order chi connectivity index (χ0) is 36.3. The molecule has 7 atom stereocenters. The molecule has 2 rings (SSSR count). The number of methoxy groups -OCH3 is 1. The summed E-state index contributed by atoms with van der Waals surface area (Å²) in [6.45, 7) is 7.25. The maximum Gasteiger partial charge on any atom is 0.335 e. The van der Waals surface area contributed by atoms with Crippen LogP contribution in [-0.4, -0.2) is 110 Å². The SMILES string of the molecule is COC(CC(C)C(O)C=CC=CCNC(=O)C(C)(C)C(O)C(C)=CC=CC=CCc1cnco1)C1(O)C(C)C(=O)N(C)C1(CO)C(=O)O. The molecule has 1 aromatic rings. The van der Waals surface area contributed by atoms with Crippen molar-refractivity contribution in [1.29, 1.82) is 0 Å². The highest BCUT2D eigenvalue weighted by Gasteiger charge is 2.72. The van der Waals surface area contributed by atoms with Crippen molar-refractivity contribution in [1.82, 2.24) is 15.2 Å². The van der Waals surface area contributed by atoms with Crippen molar-refractivity contribution < 1.29 is 49.1 Å². The van der Waals surface area contributed by atoms with Crippen molar-refractivity contribution in [3.8, 4) is 0 Å². The Balaban J connectivity index is 1.92. The highest BCUT2D eigenvalue weighted by Crippen LogP contribution is 2.47. The third-order valence-electron chi connectivity index (χ3n) is 9.28. The van der Waals surface area contributed by atoms with Crippen LogP contribution < -0.4 is 5.32 Å². The predicted molar refractivity (Wildman–Crippen MR) is 178 cm³/mol.